The molecule has 0 fully saturated rings. The molecule has 0 aliphatic heterocycles. The number of thioether (sulfide) groups is 1. The van der Waals surface area contributed by atoms with Crippen molar-refractivity contribution in [1.29, 1.82) is 0 Å². The van der Waals surface area contributed by atoms with Crippen LogP contribution in [0.2, 0.25) is 0 Å². The highest BCUT2D eigenvalue weighted by Gasteiger charge is 2.10. The SMILES string of the molecule is CCN(CC)CCS[C@@H](C)c1ccccc1F. The van der Waals surface area contributed by atoms with Gasteiger partial charge in [0.25, 0.3) is 0 Å². The number of halogens is 1. The van der Waals surface area contributed by atoms with Gasteiger partial charge in [0, 0.05) is 23.1 Å². The maximum atomic E-state index is 13.5. The first-order valence-corrected chi connectivity index (χ1v) is 7.32. The molecule has 0 bridgehead atoms. The summed E-state index contributed by atoms with van der Waals surface area (Å²) in [5.74, 6) is 0.965. The average molecular weight is 255 g/mol. The summed E-state index contributed by atoms with van der Waals surface area (Å²) < 4.78 is 13.5. The maximum Gasteiger partial charge on any atom is 0.127 e. The van der Waals surface area contributed by atoms with Crippen molar-refractivity contribution in [3.05, 3.63) is 35.6 Å². The quantitative estimate of drug-likeness (QED) is 0.725. The lowest BCUT2D eigenvalue weighted by molar-refractivity contribution is 0.324. The van der Waals surface area contributed by atoms with Crippen LogP contribution in [0.1, 0.15) is 31.6 Å². The van der Waals surface area contributed by atoms with E-state index in [4.69, 9.17) is 0 Å². The first-order valence-electron chi connectivity index (χ1n) is 6.27. The zero-order valence-electron chi connectivity index (χ0n) is 10.9. The van der Waals surface area contributed by atoms with Crippen molar-refractivity contribution in [2.24, 2.45) is 0 Å². The van der Waals surface area contributed by atoms with E-state index in [1.807, 2.05) is 23.9 Å². The van der Waals surface area contributed by atoms with Crippen molar-refractivity contribution in [3.8, 4) is 0 Å². The van der Waals surface area contributed by atoms with Gasteiger partial charge < -0.3 is 4.90 Å². The predicted molar refractivity (Wildman–Crippen MR) is 75.1 cm³/mol. The van der Waals surface area contributed by atoms with E-state index < -0.39 is 0 Å². The Bertz CT molecular complexity index is 326. The van der Waals surface area contributed by atoms with Crippen molar-refractivity contribution < 1.29 is 4.39 Å². The summed E-state index contributed by atoms with van der Waals surface area (Å²) in [5, 5.41) is 0.228. The van der Waals surface area contributed by atoms with Gasteiger partial charge >= 0.3 is 0 Å². The molecule has 0 N–H and O–H groups in total. The molecule has 1 aromatic carbocycles. The zero-order chi connectivity index (χ0) is 12.7. The second-order valence-corrected chi connectivity index (χ2v) is 5.51. The standard InChI is InChI=1S/C14H22FNS/c1-4-16(5-2)10-11-17-12(3)13-8-6-7-9-14(13)15/h6-9,12H,4-5,10-11H2,1-3H3/t12-/m0/s1. The van der Waals surface area contributed by atoms with Crippen molar-refractivity contribution >= 4 is 11.8 Å². The van der Waals surface area contributed by atoms with Crippen LogP contribution < -0.4 is 0 Å². The molecule has 0 saturated carbocycles. The van der Waals surface area contributed by atoms with Gasteiger partial charge in [0.2, 0.25) is 0 Å². The Morgan fingerprint density at radius 1 is 1.24 bits per heavy atom. The summed E-state index contributed by atoms with van der Waals surface area (Å²) in [4.78, 5) is 2.39. The smallest absolute Gasteiger partial charge is 0.127 e. The number of hydrogen-bond donors (Lipinski definition) is 0. The molecule has 0 heterocycles. The lowest BCUT2D eigenvalue weighted by Crippen LogP contribution is -2.25. The van der Waals surface area contributed by atoms with Gasteiger partial charge in [0.05, 0.1) is 0 Å². The van der Waals surface area contributed by atoms with Crippen molar-refractivity contribution in [2.45, 2.75) is 26.0 Å². The third kappa shape index (κ3) is 4.68. The van der Waals surface area contributed by atoms with E-state index in [2.05, 4.69) is 25.7 Å². The molecule has 96 valence electrons. The summed E-state index contributed by atoms with van der Waals surface area (Å²) in [6.45, 7) is 9.68. The minimum Gasteiger partial charge on any atom is -0.303 e. The van der Waals surface area contributed by atoms with Crippen LogP contribution in [0.15, 0.2) is 24.3 Å². The fourth-order valence-electron chi connectivity index (χ4n) is 1.79. The third-order valence-corrected chi connectivity index (χ3v) is 4.19. The zero-order valence-corrected chi connectivity index (χ0v) is 11.8. The van der Waals surface area contributed by atoms with Gasteiger partial charge in [0.1, 0.15) is 5.82 Å². The molecule has 1 nitrogen and oxygen atoms in total. The Morgan fingerprint density at radius 3 is 2.47 bits per heavy atom. The van der Waals surface area contributed by atoms with E-state index in [0.717, 1.165) is 31.0 Å². The van der Waals surface area contributed by atoms with Gasteiger partial charge in [-0.15, -0.1) is 0 Å². The van der Waals surface area contributed by atoms with E-state index in [9.17, 15) is 4.39 Å². The highest BCUT2D eigenvalue weighted by molar-refractivity contribution is 7.99. The van der Waals surface area contributed by atoms with Gasteiger partial charge in [0.15, 0.2) is 0 Å². The molecule has 0 aromatic heterocycles. The van der Waals surface area contributed by atoms with Gasteiger partial charge in [-0.3, -0.25) is 0 Å². The van der Waals surface area contributed by atoms with Crippen LogP contribution in [0.4, 0.5) is 4.39 Å². The molecule has 3 heteroatoms. The Hall–Kier alpha value is -0.540. The van der Waals surface area contributed by atoms with E-state index in [0.29, 0.717) is 0 Å². The predicted octanol–water partition coefficient (Wildman–Crippen LogP) is 3.96. The monoisotopic (exact) mass is 255 g/mol. The van der Waals surface area contributed by atoms with E-state index in [1.165, 1.54) is 6.07 Å². The molecule has 0 spiro atoms. The molecule has 1 atom stereocenters. The van der Waals surface area contributed by atoms with Gasteiger partial charge in [-0.25, -0.2) is 4.39 Å². The third-order valence-electron chi connectivity index (χ3n) is 3.01. The fourth-order valence-corrected chi connectivity index (χ4v) is 2.88. The molecular formula is C14H22FNS. The Labute approximate surface area is 108 Å². The second-order valence-electron chi connectivity index (χ2n) is 4.06. The maximum absolute atomic E-state index is 13.5. The highest BCUT2D eigenvalue weighted by Crippen LogP contribution is 2.29. The molecule has 1 rings (SSSR count). The molecule has 0 unspecified atom stereocenters. The van der Waals surface area contributed by atoms with Crippen LogP contribution in [0.3, 0.4) is 0 Å². The second kappa shape index (κ2) is 7.72. The van der Waals surface area contributed by atoms with Crippen LogP contribution >= 0.6 is 11.8 Å². The minimum atomic E-state index is -0.0876. The lowest BCUT2D eigenvalue weighted by atomic mass is 10.1. The van der Waals surface area contributed by atoms with E-state index in [-0.39, 0.29) is 11.1 Å². The van der Waals surface area contributed by atoms with Gasteiger partial charge in [-0.05, 0) is 26.1 Å². The molecule has 17 heavy (non-hydrogen) atoms. The summed E-state index contributed by atoms with van der Waals surface area (Å²) in [6.07, 6.45) is 0. The number of nitrogens with zero attached hydrogens (tertiary/aromatic N) is 1. The first-order chi connectivity index (χ1) is 8.19. The van der Waals surface area contributed by atoms with Crippen LogP contribution in [-0.4, -0.2) is 30.3 Å². The van der Waals surface area contributed by atoms with Crippen LogP contribution in [0.25, 0.3) is 0 Å². The molecular weight excluding hydrogens is 233 g/mol. The average Bonchev–Trinajstić information content (AvgIpc) is 2.35. The van der Waals surface area contributed by atoms with Gasteiger partial charge in [-0.1, -0.05) is 32.0 Å². The Morgan fingerprint density at radius 2 is 1.88 bits per heavy atom. The van der Waals surface area contributed by atoms with E-state index >= 15 is 0 Å². The normalized spacial score (nSPS) is 13.0. The summed E-state index contributed by atoms with van der Waals surface area (Å²) >= 11 is 1.82. The van der Waals surface area contributed by atoms with Crippen molar-refractivity contribution in [1.82, 2.24) is 4.90 Å². The molecule has 0 aliphatic rings. The number of hydrogen-bond acceptors (Lipinski definition) is 2. The molecule has 0 saturated heterocycles. The minimum absolute atomic E-state index is 0.0876. The van der Waals surface area contributed by atoms with Crippen LogP contribution in [-0.2, 0) is 0 Å². The highest BCUT2D eigenvalue weighted by atomic mass is 32.2. The Kier molecular flexibility index (Phi) is 6.60. The fraction of sp³-hybridized carbons (Fsp3) is 0.571. The van der Waals surface area contributed by atoms with Crippen LogP contribution in [0, 0.1) is 5.82 Å². The molecule has 0 amide bonds. The molecule has 1 aromatic rings. The van der Waals surface area contributed by atoms with E-state index in [1.54, 1.807) is 6.07 Å². The Balaban J connectivity index is 2.40. The molecule has 0 radical (unpaired) electrons. The lowest BCUT2D eigenvalue weighted by Gasteiger charge is -2.19. The number of rotatable bonds is 7. The summed E-state index contributed by atoms with van der Waals surface area (Å²) in [7, 11) is 0. The number of benzene rings is 1. The van der Waals surface area contributed by atoms with Crippen LogP contribution in [0.5, 0.6) is 0 Å². The molecule has 0 aliphatic carbocycles. The van der Waals surface area contributed by atoms with Crippen molar-refractivity contribution in [3.63, 3.8) is 0 Å². The van der Waals surface area contributed by atoms with Crippen molar-refractivity contribution in [2.75, 3.05) is 25.4 Å². The largest absolute Gasteiger partial charge is 0.303 e. The summed E-state index contributed by atoms with van der Waals surface area (Å²) in [6, 6.07) is 7.06. The topological polar surface area (TPSA) is 3.24 Å². The van der Waals surface area contributed by atoms with Gasteiger partial charge in [-0.2, -0.15) is 11.8 Å². The summed E-state index contributed by atoms with van der Waals surface area (Å²) in [5.41, 5.74) is 0.817. The first kappa shape index (κ1) is 14.5.